The lowest BCUT2D eigenvalue weighted by Gasteiger charge is -2.09. The number of nitrogens with one attached hydrogen (secondary N) is 1. The summed E-state index contributed by atoms with van der Waals surface area (Å²) >= 11 is 0. The van der Waals surface area contributed by atoms with Crippen molar-refractivity contribution < 1.29 is 9.53 Å². The molecule has 6 nitrogen and oxygen atoms in total. The highest BCUT2D eigenvalue weighted by molar-refractivity contribution is 5.94. The van der Waals surface area contributed by atoms with Crippen LogP contribution in [0.5, 0.6) is 5.75 Å². The van der Waals surface area contributed by atoms with E-state index in [1.807, 2.05) is 68.4 Å². The Morgan fingerprint density at radius 1 is 1.10 bits per heavy atom. The molecule has 0 aliphatic carbocycles. The number of rotatable bonds is 7. The third kappa shape index (κ3) is 5.65. The van der Waals surface area contributed by atoms with E-state index in [1.165, 1.54) is 16.8 Å². The van der Waals surface area contributed by atoms with E-state index >= 15 is 0 Å². The Morgan fingerprint density at radius 2 is 1.90 bits per heavy atom. The Hall–Kier alpha value is -3.67. The van der Waals surface area contributed by atoms with Gasteiger partial charge in [-0.25, -0.2) is 5.43 Å². The molecule has 0 unspecified atom stereocenters. The third-order valence-electron chi connectivity index (χ3n) is 4.07. The molecule has 1 N–H and O–H groups in total. The van der Waals surface area contributed by atoms with Gasteiger partial charge in [-0.05, 0) is 49.2 Å². The minimum Gasteiger partial charge on any atom is -0.491 e. The number of benzene rings is 2. The maximum atomic E-state index is 12.6. The third-order valence-corrected chi connectivity index (χ3v) is 4.07. The van der Waals surface area contributed by atoms with Gasteiger partial charge in [0, 0.05) is 6.20 Å². The van der Waals surface area contributed by atoms with Crippen LogP contribution in [0.3, 0.4) is 0 Å². The second kappa shape index (κ2) is 9.50. The van der Waals surface area contributed by atoms with Crippen molar-refractivity contribution in [2.24, 2.45) is 5.10 Å². The molecule has 148 valence electrons. The molecule has 1 heterocycles. The average molecular weight is 389 g/mol. The maximum absolute atomic E-state index is 12.6. The molecule has 29 heavy (non-hydrogen) atoms. The number of aromatic nitrogens is 1. The second-order valence-corrected chi connectivity index (χ2v) is 6.78. The van der Waals surface area contributed by atoms with Crippen LogP contribution in [-0.2, 0) is 6.54 Å². The first-order valence-corrected chi connectivity index (χ1v) is 9.36. The van der Waals surface area contributed by atoms with Crippen molar-refractivity contribution in [2.45, 2.75) is 26.5 Å². The highest BCUT2D eigenvalue weighted by atomic mass is 16.5. The van der Waals surface area contributed by atoms with E-state index in [4.69, 9.17) is 4.74 Å². The van der Waals surface area contributed by atoms with E-state index in [1.54, 1.807) is 12.3 Å². The largest absolute Gasteiger partial charge is 0.491 e. The van der Waals surface area contributed by atoms with Crippen LogP contribution in [0, 0.1) is 0 Å². The number of hydrazone groups is 1. The van der Waals surface area contributed by atoms with Gasteiger partial charge in [-0.2, -0.15) is 5.10 Å². The number of nitrogens with zero attached hydrogens (tertiary/aromatic N) is 2. The van der Waals surface area contributed by atoms with Gasteiger partial charge in [0.2, 0.25) is 0 Å². The molecule has 2 aromatic carbocycles. The van der Waals surface area contributed by atoms with Crippen molar-refractivity contribution in [1.82, 2.24) is 9.99 Å². The highest BCUT2D eigenvalue weighted by Crippen LogP contribution is 2.13. The van der Waals surface area contributed by atoms with Gasteiger partial charge in [-0.1, -0.05) is 42.5 Å². The van der Waals surface area contributed by atoms with Gasteiger partial charge < -0.3 is 9.30 Å². The molecule has 0 radical (unpaired) electrons. The summed E-state index contributed by atoms with van der Waals surface area (Å²) in [7, 11) is 0. The van der Waals surface area contributed by atoms with Crippen LogP contribution in [0.4, 0.5) is 0 Å². The number of hydrogen-bond donors (Lipinski definition) is 1. The molecule has 0 aliphatic rings. The van der Waals surface area contributed by atoms with Crippen LogP contribution in [0.2, 0.25) is 0 Å². The van der Waals surface area contributed by atoms with E-state index in [0.717, 1.165) is 16.9 Å². The number of hydrogen-bond acceptors (Lipinski definition) is 4. The van der Waals surface area contributed by atoms with Crippen LogP contribution in [0.25, 0.3) is 0 Å². The first-order valence-electron chi connectivity index (χ1n) is 9.36. The first kappa shape index (κ1) is 20.1. The number of carbonyl (C=O) groups excluding carboxylic acids is 1. The zero-order chi connectivity index (χ0) is 20.6. The lowest BCUT2D eigenvalue weighted by atomic mass is 10.2. The van der Waals surface area contributed by atoms with Crippen LogP contribution in [0.15, 0.2) is 82.8 Å². The van der Waals surface area contributed by atoms with Crippen molar-refractivity contribution in [3.63, 3.8) is 0 Å². The maximum Gasteiger partial charge on any atom is 0.276 e. The van der Waals surface area contributed by atoms with Gasteiger partial charge in [0.25, 0.3) is 11.5 Å². The smallest absolute Gasteiger partial charge is 0.276 e. The van der Waals surface area contributed by atoms with Crippen molar-refractivity contribution in [2.75, 3.05) is 0 Å². The van der Waals surface area contributed by atoms with Gasteiger partial charge in [0.15, 0.2) is 0 Å². The zero-order valence-corrected chi connectivity index (χ0v) is 16.4. The number of pyridine rings is 1. The first-order chi connectivity index (χ1) is 14.0. The molecule has 0 bridgehead atoms. The number of carbonyl (C=O) groups is 1. The summed E-state index contributed by atoms with van der Waals surface area (Å²) in [6, 6.07) is 20.1. The van der Waals surface area contributed by atoms with Crippen molar-refractivity contribution >= 4 is 12.1 Å². The topological polar surface area (TPSA) is 72.7 Å². The molecule has 0 spiro atoms. The van der Waals surface area contributed by atoms with E-state index in [0.29, 0.717) is 6.54 Å². The molecular weight excluding hydrogens is 366 g/mol. The predicted molar refractivity (Wildman–Crippen MR) is 114 cm³/mol. The van der Waals surface area contributed by atoms with Gasteiger partial charge in [0.05, 0.1) is 18.9 Å². The summed E-state index contributed by atoms with van der Waals surface area (Å²) in [4.78, 5) is 25.0. The number of ether oxygens (including phenoxy) is 1. The molecule has 6 heteroatoms. The number of amides is 1. The lowest BCUT2D eigenvalue weighted by Crippen LogP contribution is -2.30. The van der Waals surface area contributed by atoms with Gasteiger partial charge in [-0.15, -0.1) is 0 Å². The van der Waals surface area contributed by atoms with E-state index in [-0.39, 0.29) is 17.2 Å². The second-order valence-electron chi connectivity index (χ2n) is 6.78. The lowest BCUT2D eigenvalue weighted by molar-refractivity contribution is 0.0953. The summed E-state index contributed by atoms with van der Waals surface area (Å²) in [5.41, 5.74) is 3.85. The minimum atomic E-state index is -0.553. The van der Waals surface area contributed by atoms with Crippen LogP contribution < -0.4 is 15.7 Å². The normalized spacial score (nSPS) is 11.0. The van der Waals surface area contributed by atoms with E-state index in [9.17, 15) is 9.59 Å². The van der Waals surface area contributed by atoms with Gasteiger partial charge >= 0.3 is 0 Å². The Kier molecular flexibility index (Phi) is 6.58. The molecule has 0 aliphatic heterocycles. The fourth-order valence-electron chi connectivity index (χ4n) is 2.78. The summed E-state index contributed by atoms with van der Waals surface area (Å²) in [6.07, 6.45) is 3.24. The SMILES string of the molecule is CC(C)Oc1cccc(/C=N\NC(=O)c2cccn(Cc3ccccc3)c2=O)c1. The van der Waals surface area contributed by atoms with Gasteiger partial charge in [-0.3, -0.25) is 9.59 Å². The predicted octanol–water partition coefficient (Wildman–Crippen LogP) is 3.45. The molecule has 3 rings (SSSR count). The monoisotopic (exact) mass is 389 g/mol. The molecular formula is C23H23N3O3. The molecule has 0 saturated carbocycles. The fourth-order valence-corrected chi connectivity index (χ4v) is 2.78. The van der Waals surface area contributed by atoms with Crippen molar-refractivity contribution in [3.8, 4) is 5.75 Å². The average Bonchev–Trinajstić information content (AvgIpc) is 2.70. The molecule has 0 saturated heterocycles. The fraction of sp³-hybridized carbons (Fsp3) is 0.174. The molecule has 0 atom stereocenters. The Labute approximate surface area is 169 Å². The molecule has 1 amide bonds. The van der Waals surface area contributed by atoms with Crippen LogP contribution in [-0.4, -0.2) is 22.8 Å². The molecule has 0 fully saturated rings. The zero-order valence-electron chi connectivity index (χ0n) is 16.4. The summed E-state index contributed by atoms with van der Waals surface area (Å²) in [5, 5.41) is 3.96. The van der Waals surface area contributed by atoms with E-state index in [2.05, 4.69) is 10.5 Å². The van der Waals surface area contributed by atoms with Gasteiger partial charge in [0.1, 0.15) is 11.3 Å². The summed E-state index contributed by atoms with van der Waals surface area (Å²) < 4.78 is 7.14. The Bertz CT molecular complexity index is 1060. The Balaban J connectivity index is 1.69. The van der Waals surface area contributed by atoms with Crippen molar-refractivity contribution in [1.29, 1.82) is 0 Å². The molecule has 1 aromatic heterocycles. The quantitative estimate of drug-likeness (QED) is 0.497. The van der Waals surface area contributed by atoms with E-state index < -0.39 is 5.91 Å². The van der Waals surface area contributed by atoms with Crippen LogP contribution in [0.1, 0.15) is 35.3 Å². The summed E-state index contributed by atoms with van der Waals surface area (Å²) in [5.74, 6) is 0.172. The molecule has 3 aromatic rings. The summed E-state index contributed by atoms with van der Waals surface area (Å²) in [6.45, 7) is 4.30. The highest BCUT2D eigenvalue weighted by Gasteiger charge is 2.11. The van der Waals surface area contributed by atoms with Crippen LogP contribution >= 0.6 is 0 Å². The minimum absolute atomic E-state index is 0.0393. The van der Waals surface area contributed by atoms with Crippen molar-refractivity contribution in [3.05, 3.63) is 100.0 Å². The Morgan fingerprint density at radius 3 is 2.66 bits per heavy atom. The standard InChI is InChI=1S/C23H23N3O3/c1-17(2)29-20-11-6-10-19(14-20)15-24-25-22(27)21-12-7-13-26(23(21)28)16-18-8-4-3-5-9-18/h3-15,17H,16H2,1-2H3,(H,25,27)/b24-15-.